The number of amides is 2. The maximum atomic E-state index is 12.3. The molecule has 1 aromatic heterocycles. The number of hydrogen-bond donors (Lipinski definition) is 2. The number of ether oxygens (including phenoxy) is 1. The summed E-state index contributed by atoms with van der Waals surface area (Å²) in [6, 6.07) is 13.3. The lowest BCUT2D eigenvalue weighted by atomic mass is 10.1. The van der Waals surface area contributed by atoms with E-state index in [1.807, 2.05) is 10.8 Å². The first kappa shape index (κ1) is 21.4. The van der Waals surface area contributed by atoms with Crippen molar-refractivity contribution >= 4 is 29.3 Å². The van der Waals surface area contributed by atoms with Crippen LogP contribution in [-0.4, -0.2) is 33.7 Å². The summed E-state index contributed by atoms with van der Waals surface area (Å²) < 4.78 is 7.40. The van der Waals surface area contributed by atoms with Crippen molar-refractivity contribution in [3.63, 3.8) is 0 Å². The molecular weight excluding hydrogens is 400 g/mol. The highest BCUT2D eigenvalue weighted by Gasteiger charge is 2.10. The van der Waals surface area contributed by atoms with Gasteiger partial charge in [0.2, 0.25) is 11.8 Å². The second-order valence-corrected chi connectivity index (χ2v) is 7.79. The van der Waals surface area contributed by atoms with Crippen LogP contribution in [0.5, 0.6) is 5.75 Å². The summed E-state index contributed by atoms with van der Waals surface area (Å²) in [7, 11) is 0. The number of aryl methyl sites for hydroxylation is 2. The van der Waals surface area contributed by atoms with Crippen molar-refractivity contribution in [1.82, 2.24) is 9.55 Å². The van der Waals surface area contributed by atoms with Crippen molar-refractivity contribution in [3.8, 4) is 11.4 Å². The van der Waals surface area contributed by atoms with Gasteiger partial charge in [0, 0.05) is 23.8 Å². The van der Waals surface area contributed by atoms with Crippen molar-refractivity contribution in [2.75, 3.05) is 17.7 Å². The van der Waals surface area contributed by atoms with Gasteiger partial charge in [-0.1, -0.05) is 17.8 Å². The molecule has 7 nitrogen and oxygen atoms in total. The minimum absolute atomic E-state index is 0.127. The molecule has 3 N–H and O–H groups in total. The summed E-state index contributed by atoms with van der Waals surface area (Å²) in [5, 5.41) is 3.61. The third kappa shape index (κ3) is 6.12. The summed E-state index contributed by atoms with van der Waals surface area (Å²) in [6.45, 7) is 4.34. The van der Waals surface area contributed by atoms with Crippen molar-refractivity contribution < 1.29 is 14.3 Å². The maximum absolute atomic E-state index is 12.3. The molecule has 0 saturated heterocycles. The first-order chi connectivity index (χ1) is 14.4. The van der Waals surface area contributed by atoms with E-state index >= 15 is 0 Å². The Morgan fingerprint density at radius 2 is 1.83 bits per heavy atom. The maximum Gasteiger partial charge on any atom is 0.234 e. The molecule has 8 heteroatoms. The minimum atomic E-state index is -0.408. The first-order valence-electron chi connectivity index (χ1n) is 9.46. The fraction of sp³-hybridized carbons (Fsp3) is 0.227. The van der Waals surface area contributed by atoms with Crippen LogP contribution >= 0.6 is 11.8 Å². The Kier molecular flexibility index (Phi) is 7.13. The molecule has 0 saturated carbocycles. The van der Waals surface area contributed by atoms with Gasteiger partial charge in [-0.2, -0.15) is 0 Å². The van der Waals surface area contributed by atoms with Crippen molar-refractivity contribution in [2.45, 2.75) is 25.4 Å². The van der Waals surface area contributed by atoms with Crippen LogP contribution in [-0.2, 0) is 9.59 Å². The number of nitrogens with zero attached hydrogens (tertiary/aromatic N) is 2. The van der Waals surface area contributed by atoms with Crippen LogP contribution in [0.4, 0.5) is 5.69 Å². The highest BCUT2D eigenvalue weighted by molar-refractivity contribution is 7.99. The molecule has 0 spiro atoms. The monoisotopic (exact) mass is 424 g/mol. The fourth-order valence-corrected chi connectivity index (χ4v) is 3.69. The molecule has 0 radical (unpaired) electrons. The number of imidazole rings is 1. The van der Waals surface area contributed by atoms with Gasteiger partial charge >= 0.3 is 0 Å². The average Bonchev–Trinajstić information content (AvgIpc) is 3.15. The van der Waals surface area contributed by atoms with Gasteiger partial charge in [-0.15, -0.1) is 0 Å². The molecule has 0 fully saturated rings. The molecule has 30 heavy (non-hydrogen) atoms. The molecule has 2 aromatic carbocycles. The van der Waals surface area contributed by atoms with Crippen LogP contribution in [0.1, 0.15) is 17.5 Å². The zero-order chi connectivity index (χ0) is 21.5. The van der Waals surface area contributed by atoms with Crippen LogP contribution in [0.3, 0.4) is 0 Å². The number of aromatic nitrogens is 2. The third-order valence-electron chi connectivity index (χ3n) is 4.18. The quantitative estimate of drug-likeness (QED) is 0.513. The molecule has 0 aliphatic carbocycles. The highest BCUT2D eigenvalue weighted by atomic mass is 32.2. The Bertz CT molecular complexity index is 1010. The molecule has 3 aromatic rings. The van der Waals surface area contributed by atoms with Gasteiger partial charge in [-0.3, -0.25) is 14.2 Å². The van der Waals surface area contributed by atoms with E-state index in [1.54, 1.807) is 30.5 Å². The summed E-state index contributed by atoms with van der Waals surface area (Å²) in [5.41, 5.74) is 9.13. The normalized spacial score (nSPS) is 10.6. The molecule has 0 aliphatic heterocycles. The van der Waals surface area contributed by atoms with Crippen molar-refractivity contribution in [1.29, 1.82) is 0 Å². The number of primary amides is 1. The van der Waals surface area contributed by atoms with E-state index < -0.39 is 5.91 Å². The van der Waals surface area contributed by atoms with Gasteiger partial charge in [-0.05, 0) is 61.4 Å². The smallest absolute Gasteiger partial charge is 0.234 e. The van der Waals surface area contributed by atoms with Crippen LogP contribution in [0, 0.1) is 13.8 Å². The summed E-state index contributed by atoms with van der Waals surface area (Å²) in [4.78, 5) is 27.5. The molecular formula is C22H24N4O3S. The first-order valence-corrected chi connectivity index (χ1v) is 10.4. The number of benzene rings is 2. The molecule has 1 heterocycles. The largest absolute Gasteiger partial charge is 0.493 e. The number of carbonyl (C=O) groups excluding carboxylic acids is 2. The summed E-state index contributed by atoms with van der Waals surface area (Å²) in [6.07, 6.45) is 3.79. The van der Waals surface area contributed by atoms with E-state index in [4.69, 9.17) is 10.5 Å². The Balaban J connectivity index is 1.54. The minimum Gasteiger partial charge on any atom is -0.493 e. The number of carbonyl (C=O) groups is 2. The number of thioether (sulfide) groups is 1. The summed E-state index contributed by atoms with van der Waals surface area (Å²) >= 11 is 1.38. The predicted molar refractivity (Wildman–Crippen MR) is 118 cm³/mol. The van der Waals surface area contributed by atoms with E-state index in [0.29, 0.717) is 11.4 Å². The van der Waals surface area contributed by atoms with E-state index in [9.17, 15) is 9.59 Å². The molecule has 0 bridgehead atoms. The van der Waals surface area contributed by atoms with Gasteiger partial charge in [0.05, 0.1) is 18.8 Å². The number of nitrogens with two attached hydrogens (primary N) is 1. The summed E-state index contributed by atoms with van der Waals surface area (Å²) in [5.74, 6) is 0.310. The lowest BCUT2D eigenvalue weighted by Gasteiger charge is -2.10. The van der Waals surface area contributed by atoms with E-state index in [1.165, 1.54) is 22.9 Å². The van der Waals surface area contributed by atoms with Gasteiger partial charge in [0.1, 0.15) is 5.75 Å². The Labute approximate surface area is 179 Å². The number of hydrogen-bond acceptors (Lipinski definition) is 5. The third-order valence-corrected chi connectivity index (χ3v) is 5.15. The number of rotatable bonds is 9. The molecule has 2 amide bonds. The van der Waals surface area contributed by atoms with Crippen LogP contribution in [0.15, 0.2) is 60.0 Å². The van der Waals surface area contributed by atoms with Crippen LogP contribution in [0.2, 0.25) is 0 Å². The van der Waals surface area contributed by atoms with Crippen LogP contribution < -0.4 is 15.8 Å². The Hall–Kier alpha value is -3.26. The Morgan fingerprint density at radius 1 is 1.13 bits per heavy atom. The van der Waals surface area contributed by atoms with Gasteiger partial charge in [0.25, 0.3) is 0 Å². The topological polar surface area (TPSA) is 99.2 Å². The van der Waals surface area contributed by atoms with Gasteiger partial charge in [-0.25, -0.2) is 4.98 Å². The van der Waals surface area contributed by atoms with Crippen molar-refractivity contribution in [2.24, 2.45) is 5.73 Å². The molecule has 3 rings (SSSR count). The molecule has 0 atom stereocenters. The predicted octanol–water partition coefficient (Wildman–Crippen LogP) is 3.47. The van der Waals surface area contributed by atoms with Gasteiger partial charge < -0.3 is 15.8 Å². The van der Waals surface area contributed by atoms with E-state index in [-0.39, 0.29) is 24.7 Å². The second-order valence-electron chi connectivity index (χ2n) is 6.85. The molecule has 0 aliphatic rings. The molecule has 0 unspecified atom stereocenters. The standard InChI is InChI=1S/C22H24N4O3S/c1-15-11-16(2)13-18(12-15)26-9-8-24-22(26)30-14-21(28)25-17-3-5-19(6-4-17)29-10-7-20(23)27/h3-6,8-9,11-13H,7,10,14H2,1-2H3,(H2,23,27)(H,25,28). The van der Waals surface area contributed by atoms with E-state index in [0.717, 1.165) is 10.8 Å². The number of anilines is 1. The zero-order valence-electron chi connectivity index (χ0n) is 16.9. The highest BCUT2D eigenvalue weighted by Crippen LogP contribution is 2.23. The lowest BCUT2D eigenvalue weighted by molar-refractivity contribution is -0.118. The second kappa shape index (κ2) is 9.98. The molecule has 156 valence electrons. The SMILES string of the molecule is Cc1cc(C)cc(-n2ccnc2SCC(=O)Nc2ccc(OCCC(N)=O)cc2)c1. The van der Waals surface area contributed by atoms with E-state index in [2.05, 4.69) is 42.3 Å². The fourth-order valence-electron chi connectivity index (χ4n) is 2.91. The number of nitrogens with one attached hydrogen (secondary N) is 1. The van der Waals surface area contributed by atoms with Crippen LogP contribution in [0.25, 0.3) is 5.69 Å². The average molecular weight is 425 g/mol. The zero-order valence-corrected chi connectivity index (χ0v) is 17.7. The lowest BCUT2D eigenvalue weighted by Crippen LogP contribution is -2.15. The Morgan fingerprint density at radius 3 is 2.50 bits per heavy atom. The van der Waals surface area contributed by atoms with Crippen molar-refractivity contribution in [3.05, 3.63) is 66.0 Å². The van der Waals surface area contributed by atoms with Gasteiger partial charge in [0.15, 0.2) is 5.16 Å².